The number of fused-ring (bicyclic) bond motifs is 1. The first-order valence-corrected chi connectivity index (χ1v) is 7.34. The predicted octanol–water partition coefficient (Wildman–Crippen LogP) is 2.90. The van der Waals surface area contributed by atoms with Crippen molar-refractivity contribution in [2.45, 2.75) is 31.7 Å². The molecule has 0 amide bonds. The van der Waals surface area contributed by atoms with Crippen molar-refractivity contribution in [3.05, 3.63) is 30.3 Å². The van der Waals surface area contributed by atoms with E-state index >= 15 is 0 Å². The Hall–Kier alpha value is -1.02. The molecule has 2 fully saturated rings. The standard InChI is InChI=1S/C16H24N2/c1-18(14-6-3-2-4-7-14)11-5-10-17-16-9-8-13-12-15(13)16/h2-4,6-7,13,15-17H,5,8-12H2,1H3/t13-,15+,16?/m0/s1. The van der Waals surface area contributed by atoms with Crippen LogP contribution in [0.15, 0.2) is 30.3 Å². The summed E-state index contributed by atoms with van der Waals surface area (Å²) < 4.78 is 0. The molecule has 0 heterocycles. The van der Waals surface area contributed by atoms with Crippen LogP contribution in [0.4, 0.5) is 5.69 Å². The van der Waals surface area contributed by atoms with Crippen LogP contribution in [-0.4, -0.2) is 26.2 Å². The molecule has 0 aliphatic heterocycles. The van der Waals surface area contributed by atoms with E-state index in [0.29, 0.717) is 0 Å². The first kappa shape index (κ1) is 12.0. The van der Waals surface area contributed by atoms with E-state index in [9.17, 15) is 0 Å². The lowest BCUT2D eigenvalue weighted by molar-refractivity contribution is 0.470. The van der Waals surface area contributed by atoms with Crippen molar-refractivity contribution < 1.29 is 0 Å². The number of anilines is 1. The number of hydrogen-bond donors (Lipinski definition) is 1. The van der Waals surface area contributed by atoms with Gasteiger partial charge in [0.1, 0.15) is 0 Å². The molecule has 98 valence electrons. The SMILES string of the molecule is CN(CCCNC1CC[C@H]2C[C@@H]12)c1ccccc1. The average Bonchev–Trinajstić information content (AvgIpc) is 3.10. The number of rotatable bonds is 6. The summed E-state index contributed by atoms with van der Waals surface area (Å²) in [5.74, 6) is 2.13. The molecule has 2 saturated carbocycles. The molecule has 0 spiro atoms. The fourth-order valence-corrected chi connectivity index (χ4v) is 3.37. The minimum Gasteiger partial charge on any atom is -0.375 e. The highest BCUT2D eigenvalue weighted by Crippen LogP contribution is 2.51. The van der Waals surface area contributed by atoms with Gasteiger partial charge in [-0.1, -0.05) is 18.2 Å². The second-order valence-electron chi connectivity index (χ2n) is 5.91. The molecule has 0 aromatic heterocycles. The predicted molar refractivity (Wildman–Crippen MR) is 77.0 cm³/mol. The van der Waals surface area contributed by atoms with Gasteiger partial charge in [0.25, 0.3) is 0 Å². The van der Waals surface area contributed by atoms with Gasteiger partial charge >= 0.3 is 0 Å². The fourth-order valence-electron chi connectivity index (χ4n) is 3.37. The lowest BCUT2D eigenvalue weighted by atomic mass is 10.1. The summed E-state index contributed by atoms with van der Waals surface area (Å²) in [7, 11) is 2.18. The van der Waals surface area contributed by atoms with E-state index in [0.717, 1.165) is 24.4 Å². The van der Waals surface area contributed by atoms with Crippen molar-refractivity contribution in [1.82, 2.24) is 5.32 Å². The zero-order chi connectivity index (χ0) is 12.4. The van der Waals surface area contributed by atoms with Gasteiger partial charge in [0.05, 0.1) is 0 Å². The first-order chi connectivity index (χ1) is 8.84. The van der Waals surface area contributed by atoms with Gasteiger partial charge in [0.15, 0.2) is 0 Å². The van der Waals surface area contributed by atoms with Crippen LogP contribution in [0.5, 0.6) is 0 Å². The second kappa shape index (κ2) is 5.31. The molecule has 2 nitrogen and oxygen atoms in total. The Bertz CT molecular complexity index is 376. The Kier molecular flexibility index (Phi) is 3.55. The van der Waals surface area contributed by atoms with Gasteiger partial charge in [-0.15, -0.1) is 0 Å². The zero-order valence-electron chi connectivity index (χ0n) is 11.3. The number of hydrogen-bond acceptors (Lipinski definition) is 2. The molecule has 3 rings (SSSR count). The highest BCUT2D eigenvalue weighted by molar-refractivity contribution is 5.44. The first-order valence-electron chi connectivity index (χ1n) is 7.34. The molecule has 0 bridgehead atoms. The van der Waals surface area contributed by atoms with Crippen LogP contribution in [0.2, 0.25) is 0 Å². The maximum atomic E-state index is 3.75. The lowest BCUT2D eigenvalue weighted by Crippen LogP contribution is -2.32. The van der Waals surface area contributed by atoms with E-state index in [4.69, 9.17) is 0 Å². The highest BCUT2D eigenvalue weighted by Gasteiger charge is 2.47. The lowest BCUT2D eigenvalue weighted by Gasteiger charge is -2.20. The Balaban J connectivity index is 1.34. The van der Waals surface area contributed by atoms with Crippen molar-refractivity contribution in [3.8, 4) is 0 Å². The van der Waals surface area contributed by atoms with E-state index in [-0.39, 0.29) is 0 Å². The third kappa shape index (κ3) is 2.69. The summed E-state index contributed by atoms with van der Waals surface area (Å²) in [6, 6.07) is 11.5. The van der Waals surface area contributed by atoms with Crippen molar-refractivity contribution >= 4 is 5.69 Å². The molecule has 1 unspecified atom stereocenters. The van der Waals surface area contributed by atoms with Crippen LogP contribution < -0.4 is 10.2 Å². The van der Waals surface area contributed by atoms with Gasteiger partial charge < -0.3 is 10.2 Å². The zero-order valence-corrected chi connectivity index (χ0v) is 11.3. The van der Waals surface area contributed by atoms with Gasteiger partial charge in [0, 0.05) is 25.3 Å². The number of nitrogens with zero attached hydrogens (tertiary/aromatic N) is 1. The maximum Gasteiger partial charge on any atom is 0.0363 e. The minimum absolute atomic E-state index is 0.844. The molecular formula is C16H24N2. The van der Waals surface area contributed by atoms with E-state index in [2.05, 4.69) is 47.6 Å². The molecule has 1 aromatic rings. The largest absolute Gasteiger partial charge is 0.375 e. The number of benzene rings is 1. The van der Waals surface area contributed by atoms with Crippen molar-refractivity contribution in [2.24, 2.45) is 11.8 Å². The molecule has 2 heteroatoms. The molecule has 1 N–H and O–H groups in total. The average molecular weight is 244 g/mol. The van der Waals surface area contributed by atoms with E-state index in [1.54, 1.807) is 0 Å². The maximum absolute atomic E-state index is 3.75. The van der Waals surface area contributed by atoms with E-state index in [1.807, 2.05) is 0 Å². The molecule has 18 heavy (non-hydrogen) atoms. The number of para-hydroxylation sites is 1. The summed E-state index contributed by atoms with van der Waals surface area (Å²) >= 11 is 0. The van der Waals surface area contributed by atoms with Crippen LogP contribution in [0, 0.1) is 11.8 Å². The normalized spacial score (nSPS) is 29.1. The van der Waals surface area contributed by atoms with Crippen LogP contribution in [0.25, 0.3) is 0 Å². The van der Waals surface area contributed by atoms with Gasteiger partial charge in [-0.2, -0.15) is 0 Å². The molecular weight excluding hydrogens is 220 g/mol. The summed E-state index contributed by atoms with van der Waals surface area (Å²) in [6.07, 6.45) is 5.64. The second-order valence-corrected chi connectivity index (χ2v) is 5.91. The summed E-state index contributed by atoms with van der Waals surface area (Å²) in [6.45, 7) is 2.31. The van der Waals surface area contributed by atoms with Gasteiger partial charge in [-0.05, 0) is 56.2 Å². The van der Waals surface area contributed by atoms with E-state index in [1.165, 1.54) is 37.9 Å². The molecule has 1 aromatic carbocycles. The molecule has 3 atom stereocenters. The smallest absolute Gasteiger partial charge is 0.0363 e. The van der Waals surface area contributed by atoms with Gasteiger partial charge in [-0.3, -0.25) is 0 Å². The topological polar surface area (TPSA) is 15.3 Å². The Morgan fingerprint density at radius 3 is 2.72 bits per heavy atom. The summed E-state index contributed by atoms with van der Waals surface area (Å²) in [4.78, 5) is 2.34. The monoisotopic (exact) mass is 244 g/mol. The highest BCUT2D eigenvalue weighted by atomic mass is 15.1. The fraction of sp³-hybridized carbons (Fsp3) is 0.625. The molecule has 0 radical (unpaired) electrons. The van der Waals surface area contributed by atoms with Crippen molar-refractivity contribution in [3.63, 3.8) is 0 Å². The molecule has 0 saturated heterocycles. The van der Waals surface area contributed by atoms with Crippen LogP contribution in [0.1, 0.15) is 25.7 Å². The van der Waals surface area contributed by atoms with Gasteiger partial charge in [0.2, 0.25) is 0 Å². The van der Waals surface area contributed by atoms with Crippen molar-refractivity contribution in [1.29, 1.82) is 0 Å². The van der Waals surface area contributed by atoms with Crippen LogP contribution in [-0.2, 0) is 0 Å². The Morgan fingerprint density at radius 2 is 2.06 bits per heavy atom. The third-order valence-electron chi connectivity index (χ3n) is 4.62. The molecule has 2 aliphatic carbocycles. The Labute approximate surface area is 110 Å². The number of nitrogens with one attached hydrogen (secondary N) is 1. The summed E-state index contributed by atoms with van der Waals surface area (Å²) in [5, 5.41) is 3.75. The quantitative estimate of drug-likeness (QED) is 0.774. The van der Waals surface area contributed by atoms with Crippen molar-refractivity contribution in [2.75, 3.05) is 25.0 Å². The minimum atomic E-state index is 0.844. The Morgan fingerprint density at radius 1 is 1.22 bits per heavy atom. The third-order valence-corrected chi connectivity index (χ3v) is 4.62. The molecule has 2 aliphatic rings. The van der Waals surface area contributed by atoms with Crippen LogP contribution >= 0.6 is 0 Å². The van der Waals surface area contributed by atoms with E-state index < -0.39 is 0 Å². The van der Waals surface area contributed by atoms with Gasteiger partial charge in [-0.25, -0.2) is 0 Å². The summed E-state index contributed by atoms with van der Waals surface area (Å²) in [5.41, 5.74) is 1.32. The van der Waals surface area contributed by atoms with Crippen LogP contribution in [0.3, 0.4) is 0 Å².